The third-order valence-corrected chi connectivity index (χ3v) is 5.05. The fourth-order valence-electron chi connectivity index (χ4n) is 3.94. The van der Waals surface area contributed by atoms with Gasteiger partial charge in [0.05, 0.1) is 0 Å². The fourth-order valence-corrected chi connectivity index (χ4v) is 3.94. The van der Waals surface area contributed by atoms with Gasteiger partial charge in [-0.1, -0.05) is 44.2 Å². The Kier molecular flexibility index (Phi) is 4.15. The summed E-state index contributed by atoms with van der Waals surface area (Å²) in [5, 5.41) is 17.1. The van der Waals surface area contributed by atoms with Crippen molar-refractivity contribution in [3.05, 3.63) is 53.0 Å². The van der Waals surface area contributed by atoms with Gasteiger partial charge in [-0.15, -0.1) is 0 Å². The SMILES string of the molecule is CC1(C)CC(=O)C2=C(C1)Nc1nc(CCCO)nn1C2c1ccccc1. The number of carbonyl (C=O) groups excluding carboxylic acids is 1. The molecule has 4 rings (SSSR count). The van der Waals surface area contributed by atoms with Crippen LogP contribution in [-0.4, -0.2) is 32.3 Å². The average Bonchev–Trinajstić information content (AvgIpc) is 3.00. The van der Waals surface area contributed by atoms with Crippen molar-refractivity contribution in [1.82, 2.24) is 14.8 Å². The molecule has 1 aromatic heterocycles. The summed E-state index contributed by atoms with van der Waals surface area (Å²) in [7, 11) is 0. The van der Waals surface area contributed by atoms with E-state index in [9.17, 15) is 4.79 Å². The van der Waals surface area contributed by atoms with Gasteiger partial charge in [0.1, 0.15) is 6.04 Å². The monoisotopic (exact) mass is 352 g/mol. The quantitative estimate of drug-likeness (QED) is 0.884. The van der Waals surface area contributed by atoms with E-state index < -0.39 is 0 Å². The van der Waals surface area contributed by atoms with Gasteiger partial charge in [0, 0.05) is 30.7 Å². The maximum absolute atomic E-state index is 13.0. The zero-order valence-corrected chi connectivity index (χ0v) is 15.2. The molecule has 0 spiro atoms. The van der Waals surface area contributed by atoms with Crippen molar-refractivity contribution in [2.75, 3.05) is 11.9 Å². The maximum atomic E-state index is 13.0. The lowest BCUT2D eigenvalue weighted by Crippen LogP contribution is -2.36. The Hall–Kier alpha value is -2.47. The number of nitrogens with one attached hydrogen (secondary N) is 1. The Morgan fingerprint density at radius 2 is 2.04 bits per heavy atom. The van der Waals surface area contributed by atoms with Crippen molar-refractivity contribution in [2.24, 2.45) is 5.41 Å². The number of aliphatic hydroxyl groups is 1. The molecule has 1 aromatic carbocycles. The number of aliphatic hydroxyl groups excluding tert-OH is 1. The molecule has 1 aliphatic heterocycles. The molecular formula is C20H24N4O2. The van der Waals surface area contributed by atoms with Gasteiger partial charge >= 0.3 is 0 Å². The van der Waals surface area contributed by atoms with Crippen LogP contribution in [0.4, 0.5) is 5.95 Å². The standard InChI is InChI=1S/C20H24N4O2/c1-20(2)11-14-17(15(26)12-20)18(13-7-4-3-5-8-13)24-19(21-14)22-16(23-24)9-6-10-25/h3-5,7-8,18,25H,6,9-12H2,1-2H3,(H,21,22,23). The van der Waals surface area contributed by atoms with Crippen LogP contribution in [0.1, 0.15) is 50.5 Å². The number of aromatic nitrogens is 3. The molecule has 0 bridgehead atoms. The van der Waals surface area contributed by atoms with Crippen LogP contribution in [0.15, 0.2) is 41.6 Å². The summed E-state index contributed by atoms with van der Waals surface area (Å²) in [6.07, 6.45) is 2.59. The predicted molar refractivity (Wildman–Crippen MR) is 98.7 cm³/mol. The van der Waals surface area contributed by atoms with Crippen LogP contribution in [0.2, 0.25) is 0 Å². The molecule has 2 aromatic rings. The summed E-state index contributed by atoms with van der Waals surface area (Å²) in [6, 6.07) is 9.76. The Balaban J connectivity index is 1.83. The van der Waals surface area contributed by atoms with Gasteiger partial charge in [-0.3, -0.25) is 4.79 Å². The second-order valence-electron chi connectivity index (χ2n) is 7.89. The number of rotatable bonds is 4. The second-order valence-corrected chi connectivity index (χ2v) is 7.89. The zero-order valence-electron chi connectivity index (χ0n) is 15.2. The van der Waals surface area contributed by atoms with Crippen molar-refractivity contribution >= 4 is 11.7 Å². The van der Waals surface area contributed by atoms with Crippen molar-refractivity contribution < 1.29 is 9.90 Å². The molecule has 136 valence electrons. The molecule has 0 amide bonds. The number of fused-ring (bicyclic) bond motifs is 1. The smallest absolute Gasteiger partial charge is 0.226 e. The van der Waals surface area contributed by atoms with E-state index in [0.717, 1.165) is 23.3 Å². The van der Waals surface area contributed by atoms with Gasteiger partial charge in [0.25, 0.3) is 0 Å². The summed E-state index contributed by atoms with van der Waals surface area (Å²) in [5.74, 6) is 1.54. The van der Waals surface area contributed by atoms with Crippen LogP contribution in [0.5, 0.6) is 0 Å². The van der Waals surface area contributed by atoms with E-state index >= 15 is 0 Å². The topological polar surface area (TPSA) is 80.0 Å². The molecule has 1 unspecified atom stereocenters. The highest BCUT2D eigenvalue weighted by atomic mass is 16.3. The van der Waals surface area contributed by atoms with E-state index in [1.165, 1.54) is 0 Å². The Labute approximate surface area is 152 Å². The highest BCUT2D eigenvalue weighted by Gasteiger charge is 2.41. The fraction of sp³-hybridized carbons (Fsp3) is 0.450. The molecule has 6 nitrogen and oxygen atoms in total. The Morgan fingerprint density at radius 3 is 2.77 bits per heavy atom. The summed E-state index contributed by atoms with van der Waals surface area (Å²) in [5.41, 5.74) is 2.75. The molecule has 2 heterocycles. The molecule has 1 aliphatic carbocycles. The summed E-state index contributed by atoms with van der Waals surface area (Å²) < 4.78 is 1.83. The number of ketones is 1. The molecule has 2 aliphatic rings. The molecular weight excluding hydrogens is 328 g/mol. The number of carbonyl (C=O) groups is 1. The van der Waals surface area contributed by atoms with E-state index in [2.05, 4.69) is 29.2 Å². The summed E-state index contributed by atoms with van der Waals surface area (Å²) in [4.78, 5) is 17.6. The highest BCUT2D eigenvalue weighted by molar-refractivity contribution is 6.00. The minimum atomic E-state index is -0.249. The zero-order chi connectivity index (χ0) is 18.3. The molecule has 2 N–H and O–H groups in total. The predicted octanol–water partition coefficient (Wildman–Crippen LogP) is 2.86. The Morgan fingerprint density at radius 1 is 1.27 bits per heavy atom. The minimum absolute atomic E-state index is 0.0634. The third-order valence-electron chi connectivity index (χ3n) is 5.05. The first-order valence-corrected chi connectivity index (χ1v) is 9.13. The van der Waals surface area contributed by atoms with Crippen LogP contribution in [0, 0.1) is 5.41 Å². The van der Waals surface area contributed by atoms with Gasteiger partial charge in [-0.25, -0.2) is 4.68 Å². The molecule has 0 fully saturated rings. The van der Waals surface area contributed by atoms with Crippen LogP contribution in [0.25, 0.3) is 0 Å². The molecule has 0 saturated heterocycles. The maximum Gasteiger partial charge on any atom is 0.226 e. The molecule has 0 saturated carbocycles. The van der Waals surface area contributed by atoms with Crippen LogP contribution < -0.4 is 5.32 Å². The first kappa shape index (κ1) is 17.0. The van der Waals surface area contributed by atoms with Gasteiger partial charge < -0.3 is 10.4 Å². The molecule has 26 heavy (non-hydrogen) atoms. The van der Waals surface area contributed by atoms with Gasteiger partial charge in [-0.2, -0.15) is 10.1 Å². The third kappa shape index (κ3) is 2.94. The van der Waals surface area contributed by atoms with E-state index in [4.69, 9.17) is 5.11 Å². The lowest BCUT2D eigenvalue weighted by molar-refractivity contribution is -0.118. The summed E-state index contributed by atoms with van der Waals surface area (Å²) in [6.45, 7) is 4.36. The number of nitrogens with zero attached hydrogens (tertiary/aromatic N) is 3. The normalized spacial score (nSPS) is 21.2. The van der Waals surface area contributed by atoms with Crippen LogP contribution >= 0.6 is 0 Å². The van der Waals surface area contributed by atoms with Crippen molar-refractivity contribution in [1.29, 1.82) is 0 Å². The first-order chi connectivity index (χ1) is 12.5. The Bertz CT molecular complexity index is 867. The first-order valence-electron chi connectivity index (χ1n) is 9.13. The summed E-state index contributed by atoms with van der Waals surface area (Å²) >= 11 is 0. The van der Waals surface area contributed by atoms with Crippen molar-refractivity contribution in [2.45, 2.75) is 45.6 Å². The number of anilines is 1. The number of Topliss-reactive ketones (excluding diaryl/α,β-unsaturated/α-hetero) is 1. The number of allylic oxidation sites excluding steroid dienone is 2. The number of hydrogen-bond donors (Lipinski definition) is 2. The van der Waals surface area contributed by atoms with E-state index in [0.29, 0.717) is 31.0 Å². The number of hydrogen-bond acceptors (Lipinski definition) is 5. The lowest BCUT2D eigenvalue weighted by atomic mass is 9.73. The minimum Gasteiger partial charge on any atom is -0.396 e. The van der Waals surface area contributed by atoms with Crippen molar-refractivity contribution in [3.63, 3.8) is 0 Å². The van der Waals surface area contributed by atoms with Crippen LogP contribution in [-0.2, 0) is 11.2 Å². The average molecular weight is 352 g/mol. The largest absolute Gasteiger partial charge is 0.396 e. The molecule has 0 radical (unpaired) electrons. The van der Waals surface area contributed by atoms with Crippen LogP contribution in [0.3, 0.4) is 0 Å². The number of benzene rings is 1. The van der Waals surface area contributed by atoms with Gasteiger partial charge in [-0.05, 0) is 23.8 Å². The molecule has 6 heteroatoms. The second kappa shape index (κ2) is 6.36. The van der Waals surface area contributed by atoms with Gasteiger partial charge in [0.15, 0.2) is 11.6 Å². The highest BCUT2D eigenvalue weighted by Crippen LogP contribution is 2.45. The van der Waals surface area contributed by atoms with Crippen molar-refractivity contribution in [3.8, 4) is 0 Å². The molecule has 1 atom stereocenters. The van der Waals surface area contributed by atoms with E-state index in [-0.39, 0.29) is 23.8 Å². The number of aryl methyl sites for hydroxylation is 1. The lowest BCUT2D eigenvalue weighted by Gasteiger charge is -2.38. The van der Waals surface area contributed by atoms with E-state index in [1.807, 2.05) is 35.0 Å². The van der Waals surface area contributed by atoms with E-state index in [1.54, 1.807) is 0 Å². The van der Waals surface area contributed by atoms with Gasteiger partial charge in [0.2, 0.25) is 5.95 Å².